The van der Waals surface area contributed by atoms with E-state index in [1.54, 1.807) is 0 Å². The number of carbonyl (C=O) groups is 1. The van der Waals surface area contributed by atoms with Crippen LogP contribution < -0.4 is 10.1 Å². The van der Waals surface area contributed by atoms with Crippen molar-refractivity contribution < 1.29 is 9.53 Å². The number of pyridine rings is 1. The molecule has 0 fully saturated rings. The van der Waals surface area contributed by atoms with Gasteiger partial charge in [-0.15, -0.1) is 0 Å². The molecule has 0 aliphatic rings. The standard InChI is InChI=1S/C22H24N2O2/c1-5-26-19-9-7-17(8-10-19)15(3)24-22(25)20-13-18-12-14(2)6-11-21(18)23-16(20)4/h6-13,15H,5H2,1-4H3,(H,24,25). The summed E-state index contributed by atoms with van der Waals surface area (Å²) >= 11 is 0. The summed E-state index contributed by atoms with van der Waals surface area (Å²) in [5.74, 6) is 0.722. The Labute approximate surface area is 154 Å². The van der Waals surface area contributed by atoms with Crippen LogP contribution in [-0.2, 0) is 0 Å². The van der Waals surface area contributed by atoms with Gasteiger partial charge in [0.05, 0.1) is 29.4 Å². The fourth-order valence-electron chi connectivity index (χ4n) is 3.00. The van der Waals surface area contributed by atoms with Crippen LogP contribution in [0.5, 0.6) is 5.75 Å². The van der Waals surface area contributed by atoms with Crippen LogP contribution in [0, 0.1) is 13.8 Å². The van der Waals surface area contributed by atoms with E-state index in [-0.39, 0.29) is 11.9 Å². The van der Waals surface area contributed by atoms with Gasteiger partial charge in [-0.05, 0) is 63.6 Å². The van der Waals surface area contributed by atoms with Gasteiger partial charge >= 0.3 is 0 Å². The third-order valence-corrected chi connectivity index (χ3v) is 4.44. The van der Waals surface area contributed by atoms with E-state index >= 15 is 0 Å². The maximum atomic E-state index is 12.8. The normalized spacial score (nSPS) is 12.0. The van der Waals surface area contributed by atoms with E-state index in [0.29, 0.717) is 12.2 Å². The number of hydrogen-bond donors (Lipinski definition) is 1. The molecule has 3 rings (SSSR count). The van der Waals surface area contributed by atoms with Crippen molar-refractivity contribution in [3.63, 3.8) is 0 Å². The molecule has 0 aliphatic carbocycles. The molecule has 0 saturated carbocycles. The lowest BCUT2D eigenvalue weighted by Crippen LogP contribution is -2.27. The van der Waals surface area contributed by atoms with Crippen LogP contribution in [0.2, 0.25) is 0 Å². The zero-order valence-corrected chi connectivity index (χ0v) is 15.7. The summed E-state index contributed by atoms with van der Waals surface area (Å²) in [5, 5.41) is 4.05. The van der Waals surface area contributed by atoms with Gasteiger partial charge in [0, 0.05) is 5.39 Å². The molecule has 134 valence electrons. The van der Waals surface area contributed by atoms with E-state index in [9.17, 15) is 4.79 Å². The number of amides is 1. The van der Waals surface area contributed by atoms with E-state index in [0.717, 1.165) is 33.5 Å². The van der Waals surface area contributed by atoms with Crippen LogP contribution in [0.1, 0.15) is 47.1 Å². The average molecular weight is 348 g/mol. The number of fused-ring (bicyclic) bond motifs is 1. The van der Waals surface area contributed by atoms with Crippen molar-refractivity contribution in [2.45, 2.75) is 33.7 Å². The molecule has 1 aromatic heterocycles. The number of hydrogen-bond acceptors (Lipinski definition) is 3. The summed E-state index contributed by atoms with van der Waals surface area (Å²) in [5.41, 5.74) is 4.43. The minimum absolute atomic E-state index is 0.106. The number of rotatable bonds is 5. The molecule has 1 heterocycles. The van der Waals surface area contributed by atoms with E-state index in [4.69, 9.17) is 4.74 Å². The van der Waals surface area contributed by atoms with Gasteiger partial charge in [0.25, 0.3) is 5.91 Å². The maximum absolute atomic E-state index is 12.8. The van der Waals surface area contributed by atoms with Gasteiger partial charge in [-0.3, -0.25) is 9.78 Å². The highest BCUT2D eigenvalue weighted by Gasteiger charge is 2.15. The van der Waals surface area contributed by atoms with Crippen LogP contribution in [0.25, 0.3) is 10.9 Å². The van der Waals surface area contributed by atoms with Gasteiger partial charge < -0.3 is 10.1 Å². The molecule has 4 nitrogen and oxygen atoms in total. The van der Waals surface area contributed by atoms with E-state index in [2.05, 4.69) is 16.4 Å². The van der Waals surface area contributed by atoms with Crippen LogP contribution >= 0.6 is 0 Å². The largest absolute Gasteiger partial charge is 0.494 e. The van der Waals surface area contributed by atoms with Crippen molar-refractivity contribution in [1.29, 1.82) is 0 Å². The van der Waals surface area contributed by atoms with Gasteiger partial charge in [0.15, 0.2) is 0 Å². The van der Waals surface area contributed by atoms with Gasteiger partial charge in [0.1, 0.15) is 5.75 Å². The smallest absolute Gasteiger partial charge is 0.253 e. The molecule has 2 aromatic carbocycles. The van der Waals surface area contributed by atoms with Crippen LogP contribution in [0.4, 0.5) is 0 Å². The lowest BCUT2D eigenvalue weighted by Gasteiger charge is -2.16. The highest BCUT2D eigenvalue weighted by molar-refractivity contribution is 5.98. The molecule has 26 heavy (non-hydrogen) atoms. The van der Waals surface area contributed by atoms with Gasteiger partial charge in [-0.25, -0.2) is 0 Å². The zero-order valence-electron chi connectivity index (χ0n) is 15.7. The van der Waals surface area contributed by atoms with Crippen LogP contribution in [0.15, 0.2) is 48.5 Å². The summed E-state index contributed by atoms with van der Waals surface area (Å²) in [6, 6.07) is 15.7. The summed E-state index contributed by atoms with van der Waals surface area (Å²) in [6.07, 6.45) is 0. The first-order valence-electron chi connectivity index (χ1n) is 8.89. The highest BCUT2D eigenvalue weighted by Crippen LogP contribution is 2.21. The second kappa shape index (κ2) is 7.56. The molecule has 1 amide bonds. The second-order valence-electron chi connectivity index (χ2n) is 6.51. The monoisotopic (exact) mass is 348 g/mol. The quantitative estimate of drug-likeness (QED) is 0.724. The Bertz CT molecular complexity index is 933. The number of carbonyl (C=O) groups excluding carboxylic acids is 1. The van der Waals surface area contributed by atoms with E-state index < -0.39 is 0 Å². The molecule has 0 bridgehead atoms. The Morgan fingerprint density at radius 2 is 1.85 bits per heavy atom. The van der Waals surface area contributed by atoms with Crippen molar-refractivity contribution in [3.8, 4) is 5.75 Å². The number of ether oxygens (including phenoxy) is 1. The number of nitrogens with one attached hydrogen (secondary N) is 1. The van der Waals surface area contributed by atoms with Gasteiger partial charge in [-0.1, -0.05) is 23.8 Å². The number of aromatic nitrogens is 1. The first kappa shape index (κ1) is 17.9. The van der Waals surface area contributed by atoms with Crippen molar-refractivity contribution in [2.75, 3.05) is 6.61 Å². The Balaban J connectivity index is 1.80. The third-order valence-electron chi connectivity index (χ3n) is 4.44. The average Bonchev–Trinajstić information content (AvgIpc) is 2.62. The first-order valence-corrected chi connectivity index (χ1v) is 8.89. The van der Waals surface area contributed by atoms with E-state index in [1.807, 2.05) is 70.2 Å². The third kappa shape index (κ3) is 3.85. The van der Waals surface area contributed by atoms with Crippen molar-refractivity contribution in [3.05, 3.63) is 70.9 Å². The molecule has 0 saturated heterocycles. The summed E-state index contributed by atoms with van der Waals surface area (Å²) in [4.78, 5) is 17.3. The van der Waals surface area contributed by atoms with Crippen molar-refractivity contribution >= 4 is 16.8 Å². The predicted octanol–water partition coefficient (Wildman–Crippen LogP) is 4.74. The topological polar surface area (TPSA) is 51.2 Å². The lowest BCUT2D eigenvalue weighted by molar-refractivity contribution is 0.0939. The number of aryl methyl sites for hydroxylation is 2. The lowest BCUT2D eigenvalue weighted by atomic mass is 10.1. The molecule has 1 N–H and O–H groups in total. The van der Waals surface area contributed by atoms with Gasteiger partial charge in [-0.2, -0.15) is 0 Å². The van der Waals surface area contributed by atoms with Gasteiger partial charge in [0.2, 0.25) is 0 Å². The summed E-state index contributed by atoms with van der Waals surface area (Å²) < 4.78 is 5.46. The molecule has 1 unspecified atom stereocenters. The Kier molecular flexibility index (Phi) is 5.21. The number of benzene rings is 2. The van der Waals surface area contributed by atoms with E-state index in [1.165, 1.54) is 0 Å². The predicted molar refractivity (Wildman–Crippen MR) is 105 cm³/mol. The molecule has 0 spiro atoms. The van der Waals surface area contributed by atoms with Crippen molar-refractivity contribution in [1.82, 2.24) is 10.3 Å². The molecule has 0 radical (unpaired) electrons. The minimum Gasteiger partial charge on any atom is -0.494 e. The fraction of sp³-hybridized carbons (Fsp3) is 0.273. The Morgan fingerprint density at radius 1 is 1.12 bits per heavy atom. The molecule has 0 aliphatic heterocycles. The fourth-order valence-corrected chi connectivity index (χ4v) is 3.00. The maximum Gasteiger partial charge on any atom is 0.253 e. The summed E-state index contributed by atoms with van der Waals surface area (Å²) in [6.45, 7) is 8.47. The summed E-state index contributed by atoms with van der Waals surface area (Å²) in [7, 11) is 0. The van der Waals surface area contributed by atoms with Crippen LogP contribution in [0.3, 0.4) is 0 Å². The molecular formula is C22H24N2O2. The molecular weight excluding hydrogens is 324 g/mol. The molecule has 1 atom stereocenters. The first-order chi connectivity index (χ1) is 12.5. The zero-order chi connectivity index (χ0) is 18.7. The van der Waals surface area contributed by atoms with Crippen molar-refractivity contribution in [2.24, 2.45) is 0 Å². The molecule has 3 aromatic rings. The molecule has 4 heteroatoms. The Morgan fingerprint density at radius 3 is 2.54 bits per heavy atom. The number of nitrogens with zero attached hydrogens (tertiary/aromatic N) is 1. The Hall–Kier alpha value is -2.88. The second-order valence-corrected chi connectivity index (χ2v) is 6.51. The SMILES string of the molecule is CCOc1ccc(C(C)NC(=O)c2cc3cc(C)ccc3nc2C)cc1. The highest BCUT2D eigenvalue weighted by atomic mass is 16.5. The minimum atomic E-state index is -0.111. The van der Waals surface area contributed by atoms with Crippen LogP contribution in [-0.4, -0.2) is 17.5 Å².